The number of anilines is 1. The molecule has 0 atom stereocenters. The zero-order chi connectivity index (χ0) is 25.0. The van der Waals surface area contributed by atoms with Crippen LogP contribution in [-0.2, 0) is 13.0 Å². The highest BCUT2D eigenvalue weighted by atomic mass is 79.9. The van der Waals surface area contributed by atoms with E-state index in [2.05, 4.69) is 97.8 Å². The van der Waals surface area contributed by atoms with Crippen molar-refractivity contribution in [3.63, 3.8) is 0 Å². The van der Waals surface area contributed by atoms with E-state index in [0.717, 1.165) is 78.2 Å². The number of nitrogens with zero attached hydrogens (tertiary/aromatic N) is 5. The minimum Gasteiger partial charge on any atom is -0.379 e. The van der Waals surface area contributed by atoms with Crippen molar-refractivity contribution < 1.29 is 0 Å². The number of aromatic nitrogens is 4. The molecule has 5 heterocycles. The van der Waals surface area contributed by atoms with Crippen molar-refractivity contribution in [2.24, 2.45) is 0 Å². The summed E-state index contributed by atoms with van der Waals surface area (Å²) in [6.07, 6.45) is 5.24. The normalized spacial score (nSPS) is 17.6. The Labute approximate surface area is 221 Å². The molecular weight excluding hydrogens is 514 g/mol. The topological polar surface area (TPSA) is 65.0 Å². The summed E-state index contributed by atoms with van der Waals surface area (Å²) in [5, 5.41) is 3.77. The van der Waals surface area contributed by atoms with Crippen molar-refractivity contribution in [3.05, 3.63) is 57.4 Å². The van der Waals surface area contributed by atoms with E-state index in [4.69, 9.17) is 4.98 Å². The summed E-state index contributed by atoms with van der Waals surface area (Å²) < 4.78 is 3.31. The van der Waals surface area contributed by atoms with Gasteiger partial charge in [-0.1, -0.05) is 6.07 Å². The van der Waals surface area contributed by atoms with Gasteiger partial charge in [-0.25, -0.2) is 9.97 Å². The number of H-pyrrole nitrogens is 1. The fourth-order valence-electron chi connectivity index (χ4n) is 5.78. The van der Waals surface area contributed by atoms with Crippen LogP contribution in [0.3, 0.4) is 0 Å². The van der Waals surface area contributed by atoms with E-state index in [1.807, 2.05) is 6.20 Å². The SMILES string of the molecule is Cc1cc(-c2nc3ncc(Br)c(NC4CCN(C)CC4)c3[nH]2)c(C)n1-c1ccc2c(c1)CN(C)CC2. The van der Waals surface area contributed by atoms with Gasteiger partial charge in [-0.2, -0.15) is 0 Å². The summed E-state index contributed by atoms with van der Waals surface area (Å²) in [4.78, 5) is 17.9. The van der Waals surface area contributed by atoms with Gasteiger partial charge in [0.15, 0.2) is 5.65 Å². The Morgan fingerprint density at radius 2 is 1.83 bits per heavy atom. The maximum atomic E-state index is 4.92. The van der Waals surface area contributed by atoms with Crippen molar-refractivity contribution in [1.29, 1.82) is 0 Å². The lowest BCUT2D eigenvalue weighted by atomic mass is 9.99. The van der Waals surface area contributed by atoms with Crippen LogP contribution in [-0.4, -0.2) is 69.1 Å². The van der Waals surface area contributed by atoms with Crippen LogP contribution >= 0.6 is 15.9 Å². The average molecular weight is 549 g/mol. The van der Waals surface area contributed by atoms with E-state index in [0.29, 0.717) is 6.04 Å². The molecule has 0 amide bonds. The molecule has 2 N–H and O–H groups in total. The van der Waals surface area contributed by atoms with Crippen molar-refractivity contribution >= 4 is 32.8 Å². The Balaban J connectivity index is 1.36. The molecule has 0 radical (unpaired) electrons. The second-order valence-electron chi connectivity index (χ2n) is 10.5. The third kappa shape index (κ3) is 4.25. The Kier molecular flexibility index (Phi) is 6.14. The monoisotopic (exact) mass is 547 g/mol. The second-order valence-corrected chi connectivity index (χ2v) is 11.4. The van der Waals surface area contributed by atoms with Gasteiger partial charge in [0.2, 0.25) is 0 Å². The predicted octanol–water partition coefficient (Wildman–Crippen LogP) is 5.29. The van der Waals surface area contributed by atoms with E-state index in [1.165, 1.54) is 28.2 Å². The number of likely N-dealkylation sites (N-methyl/N-ethyl adjacent to an activating group) is 1. The number of aromatic amines is 1. The molecule has 1 saturated heterocycles. The lowest BCUT2D eigenvalue weighted by molar-refractivity contribution is 0.264. The largest absolute Gasteiger partial charge is 0.379 e. The molecule has 0 bridgehead atoms. The molecule has 6 rings (SSSR count). The Hall–Kier alpha value is -2.68. The smallest absolute Gasteiger partial charge is 0.180 e. The molecule has 0 unspecified atom stereocenters. The number of aryl methyl sites for hydroxylation is 1. The van der Waals surface area contributed by atoms with Gasteiger partial charge in [-0.15, -0.1) is 0 Å². The van der Waals surface area contributed by atoms with Gasteiger partial charge >= 0.3 is 0 Å². The first-order valence-corrected chi connectivity index (χ1v) is 13.7. The molecule has 1 aromatic carbocycles. The van der Waals surface area contributed by atoms with Crippen molar-refractivity contribution in [2.75, 3.05) is 39.0 Å². The number of benzene rings is 1. The van der Waals surface area contributed by atoms with Crippen LogP contribution in [0.4, 0.5) is 5.69 Å². The van der Waals surface area contributed by atoms with Crippen LogP contribution in [0.25, 0.3) is 28.2 Å². The van der Waals surface area contributed by atoms with Crippen molar-refractivity contribution in [2.45, 2.75) is 45.7 Å². The maximum absolute atomic E-state index is 4.92. The third-order valence-electron chi connectivity index (χ3n) is 7.88. The van der Waals surface area contributed by atoms with Gasteiger partial charge in [0, 0.05) is 48.0 Å². The van der Waals surface area contributed by atoms with Crippen LogP contribution in [0.5, 0.6) is 0 Å². The Morgan fingerprint density at radius 1 is 1.03 bits per heavy atom. The van der Waals surface area contributed by atoms with Crippen LogP contribution in [0.1, 0.15) is 35.4 Å². The average Bonchev–Trinajstić information content (AvgIpc) is 3.42. The number of piperidine rings is 1. The van der Waals surface area contributed by atoms with Gasteiger partial charge in [-0.3, -0.25) is 0 Å². The number of rotatable bonds is 4. The molecule has 3 aromatic heterocycles. The number of nitrogens with one attached hydrogen (secondary N) is 2. The van der Waals surface area contributed by atoms with Crippen LogP contribution in [0, 0.1) is 13.8 Å². The number of likely N-dealkylation sites (tertiary alicyclic amines) is 1. The Bertz CT molecular complexity index is 1430. The lowest BCUT2D eigenvalue weighted by Crippen LogP contribution is -2.36. The quantitative estimate of drug-likeness (QED) is 0.363. The van der Waals surface area contributed by atoms with E-state index < -0.39 is 0 Å². The molecule has 1 fully saturated rings. The molecule has 0 saturated carbocycles. The van der Waals surface area contributed by atoms with Gasteiger partial charge in [0.25, 0.3) is 0 Å². The van der Waals surface area contributed by atoms with Gasteiger partial charge in [0.05, 0.1) is 10.2 Å². The summed E-state index contributed by atoms with van der Waals surface area (Å²) >= 11 is 3.73. The predicted molar refractivity (Wildman–Crippen MR) is 150 cm³/mol. The molecule has 188 valence electrons. The molecule has 2 aliphatic heterocycles. The number of halogens is 1. The highest BCUT2D eigenvalue weighted by Gasteiger charge is 2.22. The molecule has 0 spiro atoms. The molecule has 7 nitrogen and oxygen atoms in total. The van der Waals surface area contributed by atoms with Crippen molar-refractivity contribution in [1.82, 2.24) is 29.3 Å². The number of fused-ring (bicyclic) bond motifs is 2. The Morgan fingerprint density at radius 3 is 2.64 bits per heavy atom. The zero-order valence-corrected chi connectivity index (χ0v) is 23.1. The fraction of sp³-hybridized carbons (Fsp3) is 0.429. The summed E-state index contributed by atoms with van der Waals surface area (Å²) in [7, 11) is 4.39. The number of imidazole rings is 1. The van der Waals surface area contributed by atoms with Gasteiger partial charge in [0.1, 0.15) is 11.3 Å². The van der Waals surface area contributed by atoms with E-state index in [-0.39, 0.29) is 0 Å². The second kappa shape index (κ2) is 9.32. The molecule has 36 heavy (non-hydrogen) atoms. The van der Waals surface area contributed by atoms with E-state index in [1.54, 1.807) is 0 Å². The third-order valence-corrected chi connectivity index (χ3v) is 8.48. The molecule has 0 aliphatic carbocycles. The summed E-state index contributed by atoms with van der Waals surface area (Å²) in [6, 6.07) is 9.60. The molecular formula is C28H34BrN7. The van der Waals surface area contributed by atoms with Crippen molar-refractivity contribution in [3.8, 4) is 17.1 Å². The zero-order valence-electron chi connectivity index (χ0n) is 21.5. The first kappa shape index (κ1) is 23.7. The van der Waals surface area contributed by atoms with Crippen LogP contribution in [0.2, 0.25) is 0 Å². The first-order chi connectivity index (χ1) is 17.4. The van der Waals surface area contributed by atoms with Crippen LogP contribution < -0.4 is 5.32 Å². The molecule has 8 heteroatoms. The standard InChI is InChI=1S/C28H34BrN7/c1-17-13-23(18(2)36(17)22-6-5-19-7-10-35(4)16-20(19)14-22)27-32-26-25(24(29)15-30-28(26)33-27)31-21-8-11-34(3)12-9-21/h5-6,13-15,21H,7-12,16H2,1-4H3,(H2,30,31,32,33). The minimum absolute atomic E-state index is 0.447. The summed E-state index contributed by atoms with van der Waals surface area (Å²) in [5.41, 5.74) is 10.4. The van der Waals surface area contributed by atoms with E-state index >= 15 is 0 Å². The molecule has 4 aromatic rings. The maximum Gasteiger partial charge on any atom is 0.180 e. The number of pyridine rings is 1. The highest BCUT2D eigenvalue weighted by molar-refractivity contribution is 9.10. The fourth-order valence-corrected chi connectivity index (χ4v) is 6.20. The lowest BCUT2D eigenvalue weighted by Gasteiger charge is -2.30. The first-order valence-electron chi connectivity index (χ1n) is 12.9. The number of hydrogen-bond acceptors (Lipinski definition) is 5. The minimum atomic E-state index is 0.447. The van der Waals surface area contributed by atoms with Crippen LogP contribution in [0.15, 0.2) is 34.9 Å². The molecule has 2 aliphatic rings. The highest BCUT2D eigenvalue weighted by Crippen LogP contribution is 2.35. The summed E-state index contributed by atoms with van der Waals surface area (Å²) in [5.74, 6) is 0.860. The van der Waals surface area contributed by atoms with Gasteiger partial charge in [-0.05, 0) is 106 Å². The van der Waals surface area contributed by atoms with Gasteiger partial charge < -0.3 is 24.7 Å². The van der Waals surface area contributed by atoms with E-state index in [9.17, 15) is 0 Å². The number of hydrogen-bond donors (Lipinski definition) is 2. The summed E-state index contributed by atoms with van der Waals surface area (Å²) in [6.45, 7) is 8.72.